The summed E-state index contributed by atoms with van der Waals surface area (Å²) in [5, 5.41) is 3.84. The van der Waals surface area contributed by atoms with E-state index in [9.17, 15) is 4.79 Å². The van der Waals surface area contributed by atoms with Crippen LogP contribution < -0.4 is 0 Å². The first kappa shape index (κ1) is 11.2. The number of amides is 1. The van der Waals surface area contributed by atoms with Gasteiger partial charge in [0.2, 0.25) is 0 Å². The molecule has 2 aliphatic heterocycles. The number of hydrogen-bond acceptors (Lipinski definition) is 4. The predicted molar refractivity (Wildman–Crippen MR) is 64.3 cm³/mol. The molecule has 0 saturated carbocycles. The average Bonchev–Trinajstić information content (AvgIpc) is 3.00. The summed E-state index contributed by atoms with van der Waals surface area (Å²) in [5.41, 5.74) is 0.556. The monoisotopic (exact) mass is 253 g/mol. The quantitative estimate of drug-likeness (QED) is 0.759. The molecule has 1 aromatic rings. The fourth-order valence-corrected chi connectivity index (χ4v) is 3.14. The van der Waals surface area contributed by atoms with Gasteiger partial charge in [0.15, 0.2) is 0 Å². The summed E-state index contributed by atoms with van der Waals surface area (Å²) >= 11 is 1.55. The maximum Gasteiger partial charge on any atom is 0.255 e. The molecule has 1 aromatic heterocycles. The summed E-state index contributed by atoms with van der Waals surface area (Å²) in [6, 6.07) is 1.88. The second-order valence-corrected chi connectivity index (χ2v) is 5.33. The minimum Gasteiger partial charge on any atom is -0.379 e. The second kappa shape index (κ2) is 4.40. The van der Waals surface area contributed by atoms with Crippen LogP contribution in [0.5, 0.6) is 0 Å². The Morgan fingerprint density at radius 2 is 2.18 bits per heavy atom. The van der Waals surface area contributed by atoms with Crippen molar-refractivity contribution in [1.29, 1.82) is 0 Å². The third kappa shape index (κ3) is 1.88. The molecule has 0 N–H and O–H groups in total. The van der Waals surface area contributed by atoms with E-state index >= 15 is 0 Å². The standard InChI is InChI=1S/C12H15NO3S/c14-11(10-1-6-17-7-10)13-3-5-16-9-12(13)2-4-15-8-12/h1,6-7H,2-5,8-9H2/t12-/m1/s1. The fraction of sp³-hybridized carbons (Fsp3) is 0.583. The Hall–Kier alpha value is -0.910. The Kier molecular flexibility index (Phi) is 2.90. The fourth-order valence-electron chi connectivity index (χ4n) is 2.52. The van der Waals surface area contributed by atoms with Crippen molar-refractivity contribution in [2.45, 2.75) is 12.0 Å². The van der Waals surface area contributed by atoms with Gasteiger partial charge in [0.1, 0.15) is 0 Å². The van der Waals surface area contributed by atoms with Gasteiger partial charge >= 0.3 is 0 Å². The number of nitrogens with zero attached hydrogens (tertiary/aromatic N) is 1. The molecule has 92 valence electrons. The highest BCUT2D eigenvalue weighted by atomic mass is 32.1. The first-order chi connectivity index (χ1) is 8.32. The highest BCUT2D eigenvalue weighted by Crippen LogP contribution is 2.30. The van der Waals surface area contributed by atoms with Crippen LogP contribution in [0.2, 0.25) is 0 Å². The van der Waals surface area contributed by atoms with Crippen molar-refractivity contribution < 1.29 is 14.3 Å². The number of ether oxygens (including phenoxy) is 2. The van der Waals surface area contributed by atoms with Crippen molar-refractivity contribution in [2.24, 2.45) is 0 Å². The zero-order chi connectivity index (χ0) is 11.7. The van der Waals surface area contributed by atoms with E-state index in [0.717, 1.165) is 18.6 Å². The highest BCUT2D eigenvalue weighted by molar-refractivity contribution is 7.08. The van der Waals surface area contributed by atoms with E-state index in [1.54, 1.807) is 11.3 Å². The van der Waals surface area contributed by atoms with Crippen LogP contribution in [-0.2, 0) is 9.47 Å². The molecule has 1 atom stereocenters. The van der Waals surface area contributed by atoms with Gasteiger partial charge in [-0.3, -0.25) is 4.79 Å². The third-order valence-electron chi connectivity index (χ3n) is 3.50. The van der Waals surface area contributed by atoms with E-state index in [-0.39, 0.29) is 11.4 Å². The first-order valence-corrected chi connectivity index (χ1v) is 6.76. The molecule has 2 saturated heterocycles. The Morgan fingerprint density at radius 1 is 1.35 bits per heavy atom. The van der Waals surface area contributed by atoms with Crippen molar-refractivity contribution in [3.05, 3.63) is 22.4 Å². The van der Waals surface area contributed by atoms with Gasteiger partial charge in [0.05, 0.1) is 30.9 Å². The van der Waals surface area contributed by atoms with Crippen LogP contribution in [0.1, 0.15) is 16.8 Å². The lowest BCUT2D eigenvalue weighted by atomic mass is 9.95. The lowest BCUT2D eigenvalue weighted by Gasteiger charge is -2.43. The third-order valence-corrected chi connectivity index (χ3v) is 4.18. The molecule has 0 aliphatic carbocycles. The molecule has 1 amide bonds. The van der Waals surface area contributed by atoms with E-state index in [4.69, 9.17) is 9.47 Å². The van der Waals surface area contributed by atoms with Crippen LogP contribution in [0.15, 0.2) is 16.8 Å². The zero-order valence-corrected chi connectivity index (χ0v) is 10.4. The van der Waals surface area contributed by atoms with Gasteiger partial charge in [-0.15, -0.1) is 0 Å². The zero-order valence-electron chi connectivity index (χ0n) is 9.55. The second-order valence-electron chi connectivity index (χ2n) is 4.55. The molecule has 0 unspecified atom stereocenters. The molecule has 3 rings (SSSR count). The molecule has 0 radical (unpaired) electrons. The molecule has 0 aromatic carbocycles. The Balaban J connectivity index is 1.86. The lowest BCUT2D eigenvalue weighted by Crippen LogP contribution is -2.59. The topological polar surface area (TPSA) is 38.8 Å². The first-order valence-electron chi connectivity index (χ1n) is 5.82. The molecule has 17 heavy (non-hydrogen) atoms. The van der Waals surface area contributed by atoms with Crippen molar-refractivity contribution in [3.63, 3.8) is 0 Å². The molecule has 3 heterocycles. The Morgan fingerprint density at radius 3 is 2.88 bits per heavy atom. The summed E-state index contributed by atoms with van der Waals surface area (Å²) in [5.74, 6) is 0.111. The van der Waals surface area contributed by atoms with Crippen molar-refractivity contribution >= 4 is 17.2 Å². The number of thiophene rings is 1. The molecular weight excluding hydrogens is 238 g/mol. The number of carbonyl (C=O) groups excluding carboxylic acids is 1. The minimum atomic E-state index is -0.225. The Bertz CT molecular complexity index is 398. The lowest BCUT2D eigenvalue weighted by molar-refractivity contribution is -0.0550. The summed E-state index contributed by atoms with van der Waals surface area (Å²) in [4.78, 5) is 14.4. The van der Waals surface area contributed by atoms with Crippen LogP contribution in [0.25, 0.3) is 0 Å². The predicted octanol–water partition coefficient (Wildman–Crippen LogP) is 1.38. The van der Waals surface area contributed by atoms with Gasteiger partial charge in [-0.05, 0) is 17.9 Å². The molecule has 0 bridgehead atoms. The molecule has 2 aliphatic rings. The number of morpholine rings is 1. The molecule has 5 heteroatoms. The van der Waals surface area contributed by atoms with Crippen LogP contribution in [0, 0.1) is 0 Å². The smallest absolute Gasteiger partial charge is 0.255 e. The van der Waals surface area contributed by atoms with Crippen LogP contribution in [-0.4, -0.2) is 49.3 Å². The average molecular weight is 253 g/mol. The summed E-state index contributed by atoms with van der Waals surface area (Å²) in [7, 11) is 0. The normalized spacial score (nSPS) is 28.8. The van der Waals surface area contributed by atoms with Gasteiger partial charge in [0, 0.05) is 18.5 Å². The van der Waals surface area contributed by atoms with Gasteiger partial charge in [-0.25, -0.2) is 0 Å². The van der Waals surface area contributed by atoms with Crippen molar-refractivity contribution in [3.8, 4) is 0 Å². The van der Waals surface area contributed by atoms with E-state index in [2.05, 4.69) is 0 Å². The summed E-state index contributed by atoms with van der Waals surface area (Å²) in [6.45, 7) is 3.21. The van der Waals surface area contributed by atoms with Crippen molar-refractivity contribution in [2.75, 3.05) is 33.0 Å². The minimum absolute atomic E-state index is 0.111. The van der Waals surface area contributed by atoms with Gasteiger partial charge in [-0.2, -0.15) is 11.3 Å². The summed E-state index contributed by atoms with van der Waals surface area (Å²) in [6.07, 6.45) is 0.878. The van der Waals surface area contributed by atoms with Gasteiger partial charge < -0.3 is 14.4 Å². The van der Waals surface area contributed by atoms with E-state index in [0.29, 0.717) is 26.4 Å². The van der Waals surface area contributed by atoms with Crippen LogP contribution in [0.4, 0.5) is 0 Å². The van der Waals surface area contributed by atoms with Crippen molar-refractivity contribution in [1.82, 2.24) is 4.90 Å². The van der Waals surface area contributed by atoms with E-state index in [1.807, 2.05) is 21.7 Å². The maximum absolute atomic E-state index is 12.4. The Labute approximate surface area is 104 Å². The van der Waals surface area contributed by atoms with E-state index in [1.165, 1.54) is 0 Å². The maximum atomic E-state index is 12.4. The molecule has 4 nitrogen and oxygen atoms in total. The summed E-state index contributed by atoms with van der Waals surface area (Å²) < 4.78 is 11.0. The van der Waals surface area contributed by atoms with Crippen LogP contribution in [0.3, 0.4) is 0 Å². The highest BCUT2D eigenvalue weighted by Gasteiger charge is 2.45. The van der Waals surface area contributed by atoms with Gasteiger partial charge in [0.25, 0.3) is 5.91 Å². The largest absolute Gasteiger partial charge is 0.379 e. The number of carbonyl (C=O) groups is 1. The van der Waals surface area contributed by atoms with Gasteiger partial charge in [-0.1, -0.05) is 0 Å². The SMILES string of the molecule is O=C(c1ccsc1)N1CCOC[C@]12CCOC2. The van der Waals surface area contributed by atoms with Crippen LogP contribution >= 0.6 is 11.3 Å². The number of hydrogen-bond donors (Lipinski definition) is 0. The number of rotatable bonds is 1. The molecular formula is C12H15NO3S. The molecule has 1 spiro atoms. The molecule has 2 fully saturated rings. The van der Waals surface area contributed by atoms with E-state index < -0.39 is 0 Å².